The van der Waals surface area contributed by atoms with E-state index >= 15 is 0 Å². The van der Waals surface area contributed by atoms with Crippen molar-refractivity contribution in [2.24, 2.45) is 0 Å². The number of phosphoric acid groups is 1. The van der Waals surface area contributed by atoms with Crippen LogP contribution in [0.15, 0.2) is 0 Å². The van der Waals surface area contributed by atoms with E-state index in [9.17, 15) is 9.36 Å². The molecule has 0 aliphatic carbocycles. The van der Waals surface area contributed by atoms with Crippen molar-refractivity contribution in [2.75, 3.05) is 6.61 Å². The number of carbonyl (C=O) groups excluding carboxylic acids is 1. The predicted molar refractivity (Wildman–Crippen MR) is 56.5 cm³/mol. The van der Waals surface area contributed by atoms with Crippen LogP contribution in [-0.2, 0) is 22.9 Å². The second-order valence-electron chi connectivity index (χ2n) is 3.19. The van der Waals surface area contributed by atoms with Crippen molar-refractivity contribution in [1.29, 1.82) is 0 Å². The van der Waals surface area contributed by atoms with E-state index in [1.165, 1.54) is 6.92 Å². The molecule has 5 nitrogen and oxygen atoms in total. The molecule has 0 aliphatic heterocycles. The Hall–Kier alpha value is -0.380. The lowest BCUT2D eigenvalue weighted by Gasteiger charge is -2.19. The highest BCUT2D eigenvalue weighted by atomic mass is 31.2. The van der Waals surface area contributed by atoms with Gasteiger partial charge >= 0.3 is 13.8 Å². The monoisotopic (exact) mass is 238 g/mol. The Morgan fingerprint density at radius 1 is 1.40 bits per heavy atom. The van der Waals surface area contributed by atoms with E-state index in [2.05, 4.69) is 4.52 Å². The molecule has 0 saturated carbocycles. The molecule has 0 aliphatic rings. The van der Waals surface area contributed by atoms with Crippen LogP contribution in [0.4, 0.5) is 0 Å². The Bertz CT molecular complexity index is 241. The third-order valence-electron chi connectivity index (χ3n) is 1.58. The van der Waals surface area contributed by atoms with Crippen LogP contribution in [0.2, 0.25) is 0 Å². The second-order valence-corrected chi connectivity index (χ2v) is 4.73. The van der Waals surface area contributed by atoms with E-state index < -0.39 is 13.8 Å². The highest BCUT2D eigenvalue weighted by Gasteiger charge is 2.31. The number of carbonyl (C=O) groups is 1. The first kappa shape index (κ1) is 14.6. The van der Waals surface area contributed by atoms with Crippen molar-refractivity contribution in [2.45, 2.75) is 46.6 Å². The van der Waals surface area contributed by atoms with Gasteiger partial charge in [-0.05, 0) is 19.8 Å². The van der Waals surface area contributed by atoms with Gasteiger partial charge < -0.3 is 4.52 Å². The molecule has 0 aromatic rings. The Labute approximate surface area is 90.7 Å². The van der Waals surface area contributed by atoms with Gasteiger partial charge in [-0.25, -0.2) is 4.57 Å². The van der Waals surface area contributed by atoms with Crippen molar-refractivity contribution in [3.8, 4) is 0 Å². The summed E-state index contributed by atoms with van der Waals surface area (Å²) in [4.78, 5) is 10.7. The predicted octanol–water partition coefficient (Wildman–Crippen LogP) is 2.90. The molecule has 90 valence electrons. The Morgan fingerprint density at radius 3 is 2.40 bits per heavy atom. The molecule has 0 fully saturated rings. The van der Waals surface area contributed by atoms with E-state index in [4.69, 9.17) is 9.05 Å². The van der Waals surface area contributed by atoms with E-state index in [1.807, 2.05) is 13.8 Å². The summed E-state index contributed by atoms with van der Waals surface area (Å²) < 4.78 is 26.5. The molecule has 2 unspecified atom stereocenters. The van der Waals surface area contributed by atoms with Crippen LogP contribution in [0.1, 0.15) is 40.5 Å². The van der Waals surface area contributed by atoms with Gasteiger partial charge in [0.2, 0.25) is 0 Å². The first-order valence-electron chi connectivity index (χ1n) is 5.06. The van der Waals surface area contributed by atoms with Crippen LogP contribution in [0.5, 0.6) is 0 Å². The van der Waals surface area contributed by atoms with Gasteiger partial charge in [0.05, 0.1) is 12.7 Å². The van der Waals surface area contributed by atoms with Crippen molar-refractivity contribution in [3.05, 3.63) is 0 Å². The lowest BCUT2D eigenvalue weighted by atomic mass is 10.3. The highest BCUT2D eigenvalue weighted by molar-refractivity contribution is 7.49. The Morgan fingerprint density at radius 2 is 2.00 bits per heavy atom. The van der Waals surface area contributed by atoms with E-state index in [0.717, 1.165) is 0 Å². The van der Waals surface area contributed by atoms with Gasteiger partial charge in [-0.2, -0.15) is 0 Å². The molecule has 0 bridgehead atoms. The lowest BCUT2D eigenvalue weighted by Crippen LogP contribution is -2.10. The topological polar surface area (TPSA) is 61.8 Å². The fourth-order valence-corrected chi connectivity index (χ4v) is 2.20. The molecule has 0 N–H and O–H groups in total. The fourth-order valence-electron chi connectivity index (χ4n) is 0.734. The van der Waals surface area contributed by atoms with Gasteiger partial charge in [0.25, 0.3) is 0 Å². The summed E-state index contributed by atoms with van der Waals surface area (Å²) in [6.07, 6.45) is 1.07. The van der Waals surface area contributed by atoms with Crippen LogP contribution < -0.4 is 0 Å². The summed E-state index contributed by atoms with van der Waals surface area (Å²) in [5, 5.41) is 0. The summed E-state index contributed by atoms with van der Waals surface area (Å²) in [7, 11) is -3.71. The summed E-state index contributed by atoms with van der Waals surface area (Å²) in [5.41, 5.74) is 0. The largest absolute Gasteiger partial charge is 0.532 e. The third kappa shape index (κ3) is 6.66. The van der Waals surface area contributed by atoms with Crippen molar-refractivity contribution < 1.29 is 22.9 Å². The number of phosphoric ester groups is 1. The van der Waals surface area contributed by atoms with Gasteiger partial charge in [-0.3, -0.25) is 13.8 Å². The summed E-state index contributed by atoms with van der Waals surface area (Å²) >= 11 is 0. The number of hydrogen-bond acceptors (Lipinski definition) is 5. The zero-order valence-corrected chi connectivity index (χ0v) is 10.6. The number of rotatable bonds is 7. The molecular weight excluding hydrogens is 219 g/mol. The minimum Gasteiger partial charge on any atom is -0.371 e. The van der Waals surface area contributed by atoms with E-state index in [1.54, 1.807) is 6.92 Å². The zero-order chi connectivity index (χ0) is 11.9. The molecule has 0 spiro atoms. The first-order chi connectivity index (χ1) is 6.93. The van der Waals surface area contributed by atoms with Crippen molar-refractivity contribution in [1.82, 2.24) is 0 Å². The average molecular weight is 238 g/mol. The first-order valence-corrected chi connectivity index (χ1v) is 6.52. The fraction of sp³-hybridized carbons (Fsp3) is 0.889. The van der Waals surface area contributed by atoms with E-state index in [-0.39, 0.29) is 12.7 Å². The minimum absolute atomic E-state index is 0.237. The summed E-state index contributed by atoms with van der Waals surface area (Å²) in [6.45, 7) is 6.89. The van der Waals surface area contributed by atoms with Crippen molar-refractivity contribution in [3.63, 3.8) is 0 Å². The normalized spacial score (nSPS) is 16.8. The SMILES string of the molecule is CCCOP(=O)(OC(C)=O)OC(C)CC. The molecular formula is C9H19O5P. The molecule has 0 aromatic heterocycles. The lowest BCUT2D eigenvalue weighted by molar-refractivity contribution is -0.134. The van der Waals surface area contributed by atoms with Crippen LogP contribution in [0.25, 0.3) is 0 Å². The maximum Gasteiger partial charge on any atom is 0.532 e. The van der Waals surface area contributed by atoms with Crippen LogP contribution in [0, 0.1) is 0 Å². The molecule has 0 radical (unpaired) electrons. The van der Waals surface area contributed by atoms with Crippen LogP contribution >= 0.6 is 7.82 Å². The standard InChI is InChI=1S/C9H19O5P/c1-5-7-12-15(11,14-9(4)10)13-8(3)6-2/h8H,5-7H2,1-4H3. The minimum atomic E-state index is -3.71. The number of hydrogen-bond donors (Lipinski definition) is 0. The molecule has 0 rings (SSSR count). The van der Waals surface area contributed by atoms with Crippen LogP contribution in [-0.4, -0.2) is 18.7 Å². The second kappa shape index (κ2) is 6.99. The molecule has 6 heteroatoms. The van der Waals surface area contributed by atoms with Gasteiger partial charge in [-0.1, -0.05) is 13.8 Å². The summed E-state index contributed by atoms with van der Waals surface area (Å²) in [6, 6.07) is 0. The Kier molecular flexibility index (Phi) is 6.81. The molecule has 2 atom stereocenters. The quantitative estimate of drug-likeness (QED) is 0.638. The van der Waals surface area contributed by atoms with Gasteiger partial charge in [0.15, 0.2) is 0 Å². The maximum absolute atomic E-state index is 11.9. The molecule has 0 amide bonds. The molecule has 0 aromatic carbocycles. The van der Waals surface area contributed by atoms with Crippen LogP contribution in [0.3, 0.4) is 0 Å². The van der Waals surface area contributed by atoms with Gasteiger partial charge in [-0.15, -0.1) is 0 Å². The Balaban J connectivity index is 4.40. The highest BCUT2D eigenvalue weighted by Crippen LogP contribution is 2.51. The average Bonchev–Trinajstić information content (AvgIpc) is 2.13. The molecule has 0 heterocycles. The maximum atomic E-state index is 11.9. The van der Waals surface area contributed by atoms with Gasteiger partial charge in [0, 0.05) is 6.92 Å². The smallest absolute Gasteiger partial charge is 0.371 e. The molecule has 0 saturated heterocycles. The van der Waals surface area contributed by atoms with E-state index in [0.29, 0.717) is 12.8 Å². The zero-order valence-electron chi connectivity index (χ0n) is 9.69. The van der Waals surface area contributed by atoms with Gasteiger partial charge in [0.1, 0.15) is 0 Å². The van der Waals surface area contributed by atoms with Crippen molar-refractivity contribution >= 4 is 13.8 Å². The third-order valence-corrected chi connectivity index (χ3v) is 3.18. The summed E-state index contributed by atoms with van der Waals surface area (Å²) in [5.74, 6) is -0.669. The molecule has 15 heavy (non-hydrogen) atoms.